The number of nitrogens with zero attached hydrogens (tertiary/aromatic N) is 4. The quantitative estimate of drug-likeness (QED) is 0.0894. The van der Waals surface area contributed by atoms with Gasteiger partial charge >= 0.3 is 0 Å². The maximum atomic E-state index is 17.2. The number of para-hydroxylation sites is 7. The zero-order valence-electron chi connectivity index (χ0n) is 68.3. The summed E-state index contributed by atoms with van der Waals surface area (Å²) in [5.41, 5.74) is 24.9. The molecule has 0 radical (unpaired) electrons. The Morgan fingerprint density at radius 3 is 0.913 bits per heavy atom. The Morgan fingerprint density at radius 1 is 0.159 bits per heavy atom. The van der Waals surface area contributed by atoms with E-state index < -0.39 is 0 Å². The second-order valence-electron chi connectivity index (χ2n) is 31.9. The van der Waals surface area contributed by atoms with E-state index in [4.69, 9.17) is 13.3 Å². The van der Waals surface area contributed by atoms with Gasteiger partial charge in [0.2, 0.25) is 0 Å². The number of halogens is 1. The molecular formula is C118H77FN4O3. The number of rotatable bonds is 16. The van der Waals surface area contributed by atoms with Gasteiger partial charge in [-0.25, -0.2) is 4.39 Å². The van der Waals surface area contributed by atoms with Crippen LogP contribution in [-0.4, -0.2) is 0 Å². The molecule has 0 fully saturated rings. The van der Waals surface area contributed by atoms with E-state index in [0.29, 0.717) is 5.69 Å². The molecule has 0 aliphatic rings. The molecule has 0 amide bonds. The van der Waals surface area contributed by atoms with E-state index >= 15 is 4.39 Å². The minimum atomic E-state index is -0.323. The third kappa shape index (κ3) is 13.3. The molecular weight excluding hydrogens is 1540 g/mol. The van der Waals surface area contributed by atoms with Gasteiger partial charge in [-0.15, -0.1) is 0 Å². The molecule has 3 heterocycles. The van der Waals surface area contributed by atoms with Gasteiger partial charge < -0.3 is 32.9 Å². The predicted molar refractivity (Wildman–Crippen MR) is 525 cm³/mol. The van der Waals surface area contributed by atoms with Crippen molar-refractivity contribution in [1.29, 1.82) is 0 Å². The molecule has 3 aromatic heterocycles. The highest BCUT2D eigenvalue weighted by molar-refractivity contribution is 6.32. The van der Waals surface area contributed by atoms with Crippen molar-refractivity contribution in [2.45, 2.75) is 0 Å². The van der Waals surface area contributed by atoms with Gasteiger partial charge in [0.15, 0.2) is 0 Å². The normalized spacial score (nSPS) is 11.5. The van der Waals surface area contributed by atoms with Crippen molar-refractivity contribution in [2.24, 2.45) is 0 Å². The first-order chi connectivity index (χ1) is 62.4. The maximum Gasteiger partial charge on any atom is 0.148 e. The second-order valence-corrected chi connectivity index (χ2v) is 31.9. The molecule has 0 saturated heterocycles. The van der Waals surface area contributed by atoms with E-state index in [9.17, 15) is 0 Å². The third-order valence-electron chi connectivity index (χ3n) is 24.5. The lowest BCUT2D eigenvalue weighted by Gasteiger charge is -2.28. The minimum Gasteiger partial charge on any atom is -0.456 e. The molecule has 0 spiro atoms. The topological polar surface area (TPSA) is 52.4 Å². The van der Waals surface area contributed by atoms with E-state index in [0.717, 1.165) is 200 Å². The summed E-state index contributed by atoms with van der Waals surface area (Å²) in [6.07, 6.45) is 0. The number of hydrogen-bond donors (Lipinski definition) is 0. The van der Waals surface area contributed by atoms with Crippen LogP contribution >= 0.6 is 0 Å². The van der Waals surface area contributed by atoms with Crippen LogP contribution in [0.3, 0.4) is 0 Å². The first-order valence-electron chi connectivity index (χ1n) is 42.6. The molecule has 126 heavy (non-hydrogen) atoms. The van der Waals surface area contributed by atoms with Gasteiger partial charge in [0.1, 0.15) is 39.3 Å². The lowest BCUT2D eigenvalue weighted by molar-refractivity contribution is 0.629. The Morgan fingerprint density at radius 2 is 0.468 bits per heavy atom. The lowest BCUT2D eigenvalue weighted by Crippen LogP contribution is -2.13. The summed E-state index contributed by atoms with van der Waals surface area (Å²) >= 11 is 0. The monoisotopic (exact) mass is 1620 g/mol. The molecule has 24 rings (SSSR count). The number of fused-ring (bicyclic) bond motifs is 19. The summed E-state index contributed by atoms with van der Waals surface area (Å²) in [4.78, 5) is 8.88. The molecule has 0 unspecified atom stereocenters. The molecule has 594 valence electrons. The van der Waals surface area contributed by atoms with Gasteiger partial charge in [0.25, 0.3) is 0 Å². The fourth-order valence-corrected chi connectivity index (χ4v) is 18.7. The van der Waals surface area contributed by atoms with E-state index in [2.05, 4.69) is 360 Å². The Hall–Kier alpha value is -16.8. The molecule has 0 saturated carbocycles. The van der Waals surface area contributed by atoms with E-state index in [-0.39, 0.29) is 5.82 Å². The highest BCUT2D eigenvalue weighted by atomic mass is 19.1. The standard InChI is InChI=1S/C62H41FN2O.C56H36N2O2/c63-58-40-46(42-18-6-1-7-19-42)39-56(44-20-8-2-9-21-44)61(58)65(49-26-14-5-15-27-49)51-35-37-55-59(41-51)66-62-54-36-32-45(38-57(54)52-28-16-17-29-53(52)60(55)62)43-30-33-50(34-31-43)64(47-22-10-3-11-23-47)48-24-12-4-13-25-48;1-4-14-39(15-5-1)57(40-16-6-2-7-17-40)42-27-24-37(25-28-42)38-26-31-48-50(34-38)45-20-10-11-22-47(45)55-49-32-29-44(36-54(49)60-56(48)55)58(41-18-8-3-9-19-41)43-30-33-53-51(35-43)46-21-12-13-23-52(46)59-53/h1-41H;1-36H. The lowest BCUT2D eigenvalue weighted by atomic mass is 9.94. The van der Waals surface area contributed by atoms with Crippen LogP contribution in [0.15, 0.2) is 480 Å². The molecule has 8 heteroatoms. The smallest absolute Gasteiger partial charge is 0.148 e. The number of furan rings is 3. The number of anilines is 12. The fraction of sp³-hybridized carbons (Fsp3) is 0. The van der Waals surface area contributed by atoms with Crippen molar-refractivity contribution >= 4 is 177 Å². The third-order valence-corrected chi connectivity index (χ3v) is 24.5. The highest BCUT2D eigenvalue weighted by Crippen LogP contribution is 2.51. The molecule has 0 N–H and O–H groups in total. The van der Waals surface area contributed by atoms with Gasteiger partial charge in [-0.2, -0.15) is 0 Å². The summed E-state index contributed by atoms with van der Waals surface area (Å²) in [7, 11) is 0. The summed E-state index contributed by atoms with van der Waals surface area (Å²) in [5.74, 6) is -0.323. The van der Waals surface area contributed by atoms with Crippen molar-refractivity contribution < 1.29 is 17.6 Å². The van der Waals surface area contributed by atoms with Crippen LogP contribution in [0.4, 0.5) is 72.6 Å². The van der Waals surface area contributed by atoms with E-state index in [1.165, 1.54) is 16.2 Å². The molecule has 0 aliphatic heterocycles. The largest absolute Gasteiger partial charge is 0.456 e. The summed E-state index contributed by atoms with van der Waals surface area (Å²) < 4.78 is 37.4. The summed E-state index contributed by atoms with van der Waals surface area (Å²) in [5, 5.41) is 15.6. The van der Waals surface area contributed by atoms with Crippen LogP contribution in [-0.2, 0) is 0 Å². The first-order valence-corrected chi connectivity index (χ1v) is 42.6. The van der Waals surface area contributed by atoms with Crippen LogP contribution in [0.5, 0.6) is 0 Å². The van der Waals surface area contributed by atoms with Crippen molar-refractivity contribution in [3.8, 4) is 44.5 Å². The highest BCUT2D eigenvalue weighted by Gasteiger charge is 2.27. The minimum absolute atomic E-state index is 0.323. The Labute approximate surface area is 727 Å². The molecule has 0 bridgehead atoms. The molecule has 24 aromatic rings. The Balaban J connectivity index is 0.000000145. The van der Waals surface area contributed by atoms with Gasteiger partial charge in [-0.05, 0) is 253 Å². The average molecular weight is 1620 g/mol. The van der Waals surface area contributed by atoms with Gasteiger partial charge in [-0.3, -0.25) is 0 Å². The molecule has 0 aliphatic carbocycles. The van der Waals surface area contributed by atoms with Crippen LogP contribution in [0.1, 0.15) is 0 Å². The molecule has 7 nitrogen and oxygen atoms in total. The fourth-order valence-electron chi connectivity index (χ4n) is 18.7. The molecule has 0 atom stereocenters. The summed E-state index contributed by atoms with van der Waals surface area (Å²) in [6, 6.07) is 162. The zero-order valence-corrected chi connectivity index (χ0v) is 68.3. The number of hydrogen-bond acceptors (Lipinski definition) is 7. The van der Waals surface area contributed by atoms with Gasteiger partial charge in [-0.1, -0.05) is 273 Å². The average Bonchev–Trinajstić information content (AvgIpc) is 1.55. The van der Waals surface area contributed by atoms with Crippen molar-refractivity contribution in [2.75, 3.05) is 19.6 Å². The Kier molecular flexibility index (Phi) is 18.7. The summed E-state index contributed by atoms with van der Waals surface area (Å²) in [6.45, 7) is 0. The van der Waals surface area contributed by atoms with Crippen molar-refractivity contribution in [1.82, 2.24) is 0 Å². The van der Waals surface area contributed by atoms with E-state index in [1.807, 2.05) is 120 Å². The van der Waals surface area contributed by atoms with Crippen LogP contribution in [0.2, 0.25) is 0 Å². The van der Waals surface area contributed by atoms with Gasteiger partial charge in [0.05, 0.1) is 11.4 Å². The zero-order chi connectivity index (χ0) is 83.5. The Bertz CT molecular complexity index is 8120. The van der Waals surface area contributed by atoms with Crippen LogP contribution in [0, 0.1) is 5.82 Å². The number of benzene rings is 21. The van der Waals surface area contributed by atoms with Crippen molar-refractivity contribution in [3.63, 3.8) is 0 Å². The van der Waals surface area contributed by atoms with Crippen LogP contribution < -0.4 is 19.6 Å². The predicted octanol–water partition coefficient (Wildman–Crippen LogP) is 34.4. The first kappa shape index (κ1) is 74.3. The van der Waals surface area contributed by atoms with Crippen LogP contribution in [0.25, 0.3) is 153 Å². The van der Waals surface area contributed by atoms with Crippen molar-refractivity contribution in [3.05, 3.63) is 473 Å². The maximum absolute atomic E-state index is 17.2. The van der Waals surface area contributed by atoms with Gasteiger partial charge in [0, 0.05) is 118 Å². The molecule has 21 aromatic carbocycles. The van der Waals surface area contributed by atoms with E-state index in [1.54, 1.807) is 6.07 Å². The SMILES string of the molecule is Fc1cc(-c2ccccc2)cc(-c2ccccc2)c1N(c1ccccc1)c1ccc2c(c1)oc1c3ccc(-c4ccc(N(c5ccccc5)c5ccccc5)cc4)cc3c3ccccc3c21.c1ccc(N(c2ccccc2)c2ccc(-c3ccc4c(c3)c3ccccc3c3c5ccc(N(c6ccccc6)c6ccc7oc8ccccc8c7c6)cc5oc43)cc2)cc1. The second kappa shape index (κ2) is 31.6.